The molecule has 0 saturated carbocycles. The maximum atomic E-state index is 2.23. The lowest BCUT2D eigenvalue weighted by Gasteiger charge is -1.97. The van der Waals surface area contributed by atoms with Gasteiger partial charge in [-0.1, -0.05) is 27.7 Å². The molecule has 2 aromatic rings. The van der Waals surface area contributed by atoms with Gasteiger partial charge in [0.25, 0.3) is 0 Å². The van der Waals surface area contributed by atoms with E-state index in [1.165, 1.54) is 22.3 Å². The second-order valence-electron chi connectivity index (χ2n) is 2.94. The first-order valence-corrected chi connectivity index (χ1v) is 7.73. The number of thiophene rings is 2. The molecule has 0 atom stereocenters. The first-order valence-electron chi connectivity index (χ1n) is 5.85. The molecule has 2 rings (SSSR count). The molecule has 0 aromatic carbocycles. The summed E-state index contributed by atoms with van der Waals surface area (Å²) in [5.74, 6) is 0. The summed E-state index contributed by atoms with van der Waals surface area (Å²) in [5.41, 5.74) is 5.58. The molecule has 0 N–H and O–H groups in total. The van der Waals surface area contributed by atoms with Crippen LogP contribution in [0.4, 0.5) is 0 Å². The van der Waals surface area contributed by atoms with E-state index in [1.54, 1.807) is 22.7 Å². The average molecular weight is 254 g/mol. The van der Waals surface area contributed by atoms with Crippen molar-refractivity contribution in [1.82, 2.24) is 0 Å². The predicted octanol–water partition coefficient (Wildman–Crippen LogP) is 6.15. The summed E-state index contributed by atoms with van der Waals surface area (Å²) in [4.78, 5) is 0. The van der Waals surface area contributed by atoms with Crippen LogP contribution in [0.2, 0.25) is 0 Å². The Bertz CT molecular complexity index is 345. The molecular formula is C14H22S2. The van der Waals surface area contributed by atoms with Crippen LogP contribution in [0.5, 0.6) is 0 Å². The maximum absolute atomic E-state index is 2.23. The quantitative estimate of drug-likeness (QED) is 0.573. The molecular weight excluding hydrogens is 232 g/mol. The summed E-state index contributed by atoms with van der Waals surface area (Å²) in [6, 6.07) is 0. The predicted molar refractivity (Wildman–Crippen MR) is 79.8 cm³/mol. The van der Waals surface area contributed by atoms with Crippen LogP contribution in [0.1, 0.15) is 38.8 Å². The van der Waals surface area contributed by atoms with E-state index in [9.17, 15) is 0 Å². The normalized spacial score (nSPS) is 8.62. The maximum Gasteiger partial charge on any atom is -0.00116 e. The fourth-order valence-electron chi connectivity index (χ4n) is 1.27. The van der Waals surface area contributed by atoms with E-state index in [-0.39, 0.29) is 0 Å². The molecule has 0 saturated heterocycles. The van der Waals surface area contributed by atoms with Crippen LogP contribution in [0.15, 0.2) is 21.5 Å². The molecule has 0 aliphatic rings. The summed E-state index contributed by atoms with van der Waals surface area (Å²) >= 11 is 3.56. The van der Waals surface area contributed by atoms with Gasteiger partial charge in [-0.2, -0.15) is 22.7 Å². The van der Waals surface area contributed by atoms with Crippen molar-refractivity contribution >= 4 is 22.7 Å². The molecule has 0 nitrogen and oxygen atoms in total. The van der Waals surface area contributed by atoms with Gasteiger partial charge in [0.05, 0.1) is 0 Å². The number of rotatable bonds is 1. The fourth-order valence-corrected chi connectivity index (χ4v) is 2.97. The van der Waals surface area contributed by atoms with Gasteiger partial charge in [-0.15, -0.1) is 0 Å². The van der Waals surface area contributed by atoms with E-state index in [0.717, 1.165) is 0 Å². The Balaban J connectivity index is 0.000000509. The smallest absolute Gasteiger partial charge is 0.00116 e. The first-order chi connectivity index (χ1) is 7.79. The summed E-state index contributed by atoms with van der Waals surface area (Å²) in [6.07, 6.45) is 0. The van der Waals surface area contributed by atoms with Crippen LogP contribution < -0.4 is 0 Å². The van der Waals surface area contributed by atoms with E-state index in [4.69, 9.17) is 0 Å². The lowest BCUT2D eigenvalue weighted by Crippen LogP contribution is -1.75. The molecule has 0 spiro atoms. The van der Waals surface area contributed by atoms with Crippen LogP contribution in [0, 0.1) is 13.8 Å². The monoisotopic (exact) mass is 254 g/mol. The Hall–Kier alpha value is -0.600. The minimum atomic E-state index is 1.39. The van der Waals surface area contributed by atoms with E-state index >= 15 is 0 Å². The molecule has 2 heteroatoms. The highest BCUT2D eigenvalue weighted by Crippen LogP contribution is 2.31. The van der Waals surface area contributed by atoms with Crippen LogP contribution in [-0.4, -0.2) is 0 Å². The summed E-state index contributed by atoms with van der Waals surface area (Å²) in [7, 11) is 0. The molecule has 2 heterocycles. The first kappa shape index (κ1) is 15.4. The van der Waals surface area contributed by atoms with Gasteiger partial charge in [0, 0.05) is 0 Å². The lowest BCUT2D eigenvalue weighted by atomic mass is 10.1. The Morgan fingerprint density at radius 1 is 0.625 bits per heavy atom. The Kier molecular flexibility index (Phi) is 8.22. The van der Waals surface area contributed by atoms with Crippen molar-refractivity contribution < 1.29 is 0 Å². The van der Waals surface area contributed by atoms with E-state index < -0.39 is 0 Å². The third kappa shape index (κ3) is 3.76. The van der Waals surface area contributed by atoms with Crippen molar-refractivity contribution in [1.29, 1.82) is 0 Å². The van der Waals surface area contributed by atoms with Crippen molar-refractivity contribution in [3.63, 3.8) is 0 Å². The van der Waals surface area contributed by atoms with Crippen molar-refractivity contribution in [2.45, 2.75) is 41.5 Å². The number of hydrogen-bond acceptors (Lipinski definition) is 2. The highest BCUT2D eigenvalue weighted by atomic mass is 32.1. The minimum absolute atomic E-state index is 1.39. The highest BCUT2D eigenvalue weighted by Gasteiger charge is 2.05. The Morgan fingerprint density at radius 3 is 1.12 bits per heavy atom. The molecule has 0 unspecified atom stereocenters. The average Bonchev–Trinajstić information content (AvgIpc) is 2.93. The second-order valence-corrected chi connectivity index (χ2v) is 4.42. The third-order valence-corrected chi connectivity index (χ3v) is 3.72. The Morgan fingerprint density at radius 2 is 0.938 bits per heavy atom. The van der Waals surface area contributed by atoms with Crippen molar-refractivity contribution in [2.24, 2.45) is 0 Å². The van der Waals surface area contributed by atoms with Gasteiger partial charge in [-0.05, 0) is 57.6 Å². The van der Waals surface area contributed by atoms with E-state index in [1.807, 2.05) is 27.7 Å². The van der Waals surface area contributed by atoms with Crippen molar-refractivity contribution in [3.8, 4) is 11.1 Å². The number of aryl methyl sites for hydroxylation is 2. The van der Waals surface area contributed by atoms with Gasteiger partial charge >= 0.3 is 0 Å². The molecule has 0 aliphatic heterocycles. The minimum Gasteiger partial charge on any atom is -0.151 e. The van der Waals surface area contributed by atoms with Gasteiger partial charge < -0.3 is 0 Å². The molecule has 0 aliphatic carbocycles. The van der Waals surface area contributed by atoms with Crippen LogP contribution in [0.3, 0.4) is 0 Å². The van der Waals surface area contributed by atoms with Gasteiger partial charge in [0.1, 0.15) is 0 Å². The topological polar surface area (TPSA) is 0 Å². The molecule has 0 amide bonds. The molecule has 0 radical (unpaired) electrons. The molecule has 0 fully saturated rings. The standard InChI is InChI=1S/C10H10S2.2C2H6/c1-7-3-11-5-9(7)10-6-12-4-8(10)2;2*1-2/h3-6H,1-2H3;2*1-2H3. The SMILES string of the molecule is CC.CC.Cc1cscc1-c1cscc1C. The zero-order valence-electron chi connectivity index (χ0n) is 11.1. The fraction of sp³-hybridized carbons (Fsp3) is 0.429. The summed E-state index contributed by atoms with van der Waals surface area (Å²) in [6.45, 7) is 12.3. The van der Waals surface area contributed by atoms with E-state index in [0.29, 0.717) is 0 Å². The van der Waals surface area contributed by atoms with Crippen LogP contribution in [0.25, 0.3) is 11.1 Å². The number of hydrogen-bond donors (Lipinski definition) is 0. The molecule has 0 bridgehead atoms. The third-order valence-electron chi connectivity index (χ3n) is 2.00. The lowest BCUT2D eigenvalue weighted by molar-refractivity contribution is 1.49. The highest BCUT2D eigenvalue weighted by molar-refractivity contribution is 7.09. The van der Waals surface area contributed by atoms with Gasteiger partial charge in [0.2, 0.25) is 0 Å². The van der Waals surface area contributed by atoms with Crippen molar-refractivity contribution in [2.75, 3.05) is 0 Å². The molecule has 16 heavy (non-hydrogen) atoms. The van der Waals surface area contributed by atoms with Crippen LogP contribution in [-0.2, 0) is 0 Å². The van der Waals surface area contributed by atoms with Crippen molar-refractivity contribution in [3.05, 3.63) is 32.6 Å². The zero-order chi connectivity index (χ0) is 12.6. The van der Waals surface area contributed by atoms with Gasteiger partial charge in [0.15, 0.2) is 0 Å². The summed E-state index contributed by atoms with van der Waals surface area (Å²) in [5, 5.41) is 8.85. The Labute approximate surface area is 108 Å². The molecule has 90 valence electrons. The zero-order valence-corrected chi connectivity index (χ0v) is 12.8. The molecule has 2 aromatic heterocycles. The second kappa shape index (κ2) is 8.54. The van der Waals surface area contributed by atoms with Gasteiger partial charge in [-0.3, -0.25) is 0 Å². The summed E-state index contributed by atoms with van der Waals surface area (Å²) < 4.78 is 0. The van der Waals surface area contributed by atoms with Gasteiger partial charge in [-0.25, -0.2) is 0 Å². The van der Waals surface area contributed by atoms with E-state index in [2.05, 4.69) is 35.4 Å². The van der Waals surface area contributed by atoms with Crippen LogP contribution >= 0.6 is 22.7 Å². The largest absolute Gasteiger partial charge is 0.151 e.